The van der Waals surface area contributed by atoms with Crippen molar-refractivity contribution in [2.45, 2.75) is 19.4 Å². The van der Waals surface area contributed by atoms with Crippen molar-refractivity contribution < 1.29 is 5.11 Å². The molecular formula is C9H15N3O. The molecule has 1 atom stereocenters. The van der Waals surface area contributed by atoms with Crippen molar-refractivity contribution in [2.75, 3.05) is 17.6 Å². The molecule has 0 saturated heterocycles. The number of nitrogens with zero attached hydrogens (tertiary/aromatic N) is 1. The SMILES string of the molecule is CC(O)CCNc1ccc(N)cn1. The van der Waals surface area contributed by atoms with Crippen LogP contribution in [0.15, 0.2) is 18.3 Å². The highest BCUT2D eigenvalue weighted by atomic mass is 16.3. The second-order valence-electron chi connectivity index (χ2n) is 3.04. The van der Waals surface area contributed by atoms with E-state index in [2.05, 4.69) is 10.3 Å². The molecule has 4 heteroatoms. The lowest BCUT2D eigenvalue weighted by molar-refractivity contribution is 0.188. The third kappa shape index (κ3) is 3.75. The fourth-order valence-electron chi connectivity index (χ4n) is 0.919. The van der Waals surface area contributed by atoms with Gasteiger partial charge in [0, 0.05) is 6.54 Å². The number of nitrogen functional groups attached to an aromatic ring is 1. The van der Waals surface area contributed by atoms with E-state index in [0.29, 0.717) is 18.7 Å². The highest BCUT2D eigenvalue weighted by Crippen LogP contribution is 2.05. The van der Waals surface area contributed by atoms with Gasteiger partial charge in [-0.1, -0.05) is 0 Å². The first-order valence-electron chi connectivity index (χ1n) is 4.32. The lowest BCUT2D eigenvalue weighted by Gasteiger charge is -2.06. The first-order valence-corrected chi connectivity index (χ1v) is 4.32. The molecule has 4 N–H and O–H groups in total. The summed E-state index contributed by atoms with van der Waals surface area (Å²) < 4.78 is 0. The molecule has 1 heterocycles. The topological polar surface area (TPSA) is 71.2 Å². The van der Waals surface area contributed by atoms with Crippen LogP contribution >= 0.6 is 0 Å². The zero-order chi connectivity index (χ0) is 9.68. The van der Waals surface area contributed by atoms with Crippen LogP contribution in [0.2, 0.25) is 0 Å². The van der Waals surface area contributed by atoms with E-state index in [0.717, 1.165) is 5.82 Å². The quantitative estimate of drug-likeness (QED) is 0.644. The van der Waals surface area contributed by atoms with E-state index in [-0.39, 0.29) is 6.10 Å². The lowest BCUT2D eigenvalue weighted by atomic mass is 10.3. The molecule has 0 bridgehead atoms. The van der Waals surface area contributed by atoms with Crippen molar-refractivity contribution in [3.63, 3.8) is 0 Å². The third-order valence-corrected chi connectivity index (χ3v) is 1.65. The Kier molecular flexibility index (Phi) is 3.52. The van der Waals surface area contributed by atoms with Gasteiger partial charge in [0.15, 0.2) is 0 Å². The summed E-state index contributed by atoms with van der Waals surface area (Å²) in [6.45, 7) is 2.48. The summed E-state index contributed by atoms with van der Waals surface area (Å²) in [5, 5.41) is 12.1. The van der Waals surface area contributed by atoms with Crippen LogP contribution in [0.5, 0.6) is 0 Å². The Morgan fingerprint density at radius 1 is 1.62 bits per heavy atom. The summed E-state index contributed by atoms with van der Waals surface area (Å²) in [5.41, 5.74) is 6.13. The zero-order valence-electron chi connectivity index (χ0n) is 7.70. The first kappa shape index (κ1) is 9.80. The zero-order valence-corrected chi connectivity index (χ0v) is 7.70. The van der Waals surface area contributed by atoms with E-state index in [1.807, 2.05) is 6.07 Å². The molecule has 72 valence electrons. The predicted octanol–water partition coefficient (Wildman–Crippen LogP) is 0.847. The van der Waals surface area contributed by atoms with Crippen molar-refractivity contribution in [2.24, 2.45) is 0 Å². The number of aliphatic hydroxyl groups excluding tert-OH is 1. The minimum absolute atomic E-state index is 0.277. The maximum Gasteiger partial charge on any atom is 0.126 e. The highest BCUT2D eigenvalue weighted by Gasteiger charge is 1.96. The summed E-state index contributed by atoms with van der Waals surface area (Å²) in [6.07, 6.45) is 2.04. The van der Waals surface area contributed by atoms with Crippen LogP contribution in [0.3, 0.4) is 0 Å². The number of pyridine rings is 1. The van der Waals surface area contributed by atoms with E-state index in [9.17, 15) is 0 Å². The molecule has 0 saturated carbocycles. The number of nitrogens with one attached hydrogen (secondary N) is 1. The normalized spacial score (nSPS) is 12.5. The summed E-state index contributed by atoms with van der Waals surface area (Å²) in [6, 6.07) is 3.61. The van der Waals surface area contributed by atoms with E-state index in [1.54, 1.807) is 19.2 Å². The Morgan fingerprint density at radius 3 is 2.92 bits per heavy atom. The molecule has 0 aliphatic rings. The number of nitrogens with two attached hydrogens (primary N) is 1. The van der Waals surface area contributed by atoms with Crippen LogP contribution in [0.25, 0.3) is 0 Å². The average Bonchev–Trinajstić information content (AvgIpc) is 2.08. The minimum Gasteiger partial charge on any atom is -0.397 e. The fraction of sp³-hybridized carbons (Fsp3) is 0.444. The van der Waals surface area contributed by atoms with Crippen molar-refractivity contribution in [1.29, 1.82) is 0 Å². The highest BCUT2D eigenvalue weighted by molar-refractivity contribution is 5.43. The van der Waals surface area contributed by atoms with Crippen LogP contribution in [0, 0.1) is 0 Å². The van der Waals surface area contributed by atoms with E-state index in [4.69, 9.17) is 10.8 Å². The van der Waals surface area contributed by atoms with Gasteiger partial charge in [-0.3, -0.25) is 0 Å². The van der Waals surface area contributed by atoms with Gasteiger partial charge in [0.05, 0.1) is 18.0 Å². The predicted molar refractivity (Wildman–Crippen MR) is 53.4 cm³/mol. The number of hydrogen-bond acceptors (Lipinski definition) is 4. The molecule has 4 nitrogen and oxygen atoms in total. The first-order chi connectivity index (χ1) is 6.18. The molecule has 0 fully saturated rings. The molecule has 0 aromatic carbocycles. The van der Waals surface area contributed by atoms with Crippen molar-refractivity contribution in [1.82, 2.24) is 4.98 Å². The van der Waals surface area contributed by atoms with Crippen LogP contribution in [0.1, 0.15) is 13.3 Å². The van der Waals surface area contributed by atoms with E-state index >= 15 is 0 Å². The molecule has 1 aromatic heterocycles. The second-order valence-corrected chi connectivity index (χ2v) is 3.04. The van der Waals surface area contributed by atoms with Gasteiger partial charge in [0.25, 0.3) is 0 Å². The van der Waals surface area contributed by atoms with Crippen LogP contribution in [-0.4, -0.2) is 22.7 Å². The number of hydrogen-bond donors (Lipinski definition) is 3. The third-order valence-electron chi connectivity index (χ3n) is 1.65. The summed E-state index contributed by atoms with van der Waals surface area (Å²) in [4.78, 5) is 4.06. The van der Waals surface area contributed by atoms with Gasteiger partial charge in [0.2, 0.25) is 0 Å². The minimum atomic E-state index is -0.277. The van der Waals surface area contributed by atoms with Gasteiger partial charge in [-0.15, -0.1) is 0 Å². The molecule has 0 radical (unpaired) electrons. The Balaban J connectivity index is 2.33. The summed E-state index contributed by atoms with van der Waals surface area (Å²) in [7, 11) is 0. The number of aromatic nitrogens is 1. The van der Waals surface area contributed by atoms with E-state index < -0.39 is 0 Å². The molecule has 1 aromatic rings. The largest absolute Gasteiger partial charge is 0.397 e. The monoisotopic (exact) mass is 181 g/mol. The second kappa shape index (κ2) is 4.67. The lowest BCUT2D eigenvalue weighted by Crippen LogP contribution is -2.10. The number of anilines is 2. The molecule has 1 unspecified atom stereocenters. The molecule has 0 spiro atoms. The molecule has 1 rings (SSSR count). The average molecular weight is 181 g/mol. The van der Waals surface area contributed by atoms with Crippen molar-refractivity contribution >= 4 is 11.5 Å². The Labute approximate surface area is 77.8 Å². The Hall–Kier alpha value is -1.29. The molecule has 0 aliphatic heterocycles. The standard InChI is InChI=1S/C9H15N3O/c1-7(13)4-5-11-9-3-2-8(10)6-12-9/h2-3,6-7,13H,4-5,10H2,1H3,(H,11,12). The number of aliphatic hydroxyl groups is 1. The van der Waals surface area contributed by atoms with Gasteiger partial charge in [0.1, 0.15) is 5.82 Å². The molecular weight excluding hydrogens is 166 g/mol. The molecule has 0 aliphatic carbocycles. The summed E-state index contributed by atoms with van der Waals surface area (Å²) in [5.74, 6) is 0.787. The van der Waals surface area contributed by atoms with Crippen LogP contribution in [0.4, 0.5) is 11.5 Å². The van der Waals surface area contributed by atoms with E-state index in [1.165, 1.54) is 0 Å². The van der Waals surface area contributed by atoms with Gasteiger partial charge >= 0.3 is 0 Å². The Bertz CT molecular complexity index is 246. The summed E-state index contributed by atoms with van der Waals surface area (Å²) >= 11 is 0. The maximum absolute atomic E-state index is 8.99. The van der Waals surface area contributed by atoms with Gasteiger partial charge in [-0.2, -0.15) is 0 Å². The van der Waals surface area contributed by atoms with Crippen molar-refractivity contribution in [3.8, 4) is 0 Å². The number of rotatable bonds is 4. The van der Waals surface area contributed by atoms with Crippen LogP contribution in [-0.2, 0) is 0 Å². The Morgan fingerprint density at radius 2 is 2.38 bits per heavy atom. The van der Waals surface area contributed by atoms with Gasteiger partial charge in [-0.05, 0) is 25.5 Å². The van der Waals surface area contributed by atoms with Gasteiger partial charge < -0.3 is 16.2 Å². The van der Waals surface area contributed by atoms with Gasteiger partial charge in [-0.25, -0.2) is 4.98 Å². The molecule has 13 heavy (non-hydrogen) atoms. The molecule has 0 amide bonds. The fourth-order valence-corrected chi connectivity index (χ4v) is 0.919. The maximum atomic E-state index is 8.99. The van der Waals surface area contributed by atoms with Crippen molar-refractivity contribution in [3.05, 3.63) is 18.3 Å². The van der Waals surface area contributed by atoms with Crippen LogP contribution < -0.4 is 11.1 Å². The smallest absolute Gasteiger partial charge is 0.126 e.